The zero-order valence-electron chi connectivity index (χ0n) is 8.71. The number of nitrogens with one attached hydrogen (secondary N) is 1. The Morgan fingerprint density at radius 2 is 1.82 bits per heavy atom. The molecule has 0 spiro atoms. The molecular weight excluding hydrogens is 254 g/mol. The molecule has 3 nitrogen and oxygen atoms in total. The fraction of sp³-hybridized carbons (Fsp3) is 0. The summed E-state index contributed by atoms with van der Waals surface area (Å²) >= 11 is -0.274. The topological polar surface area (TPSA) is 49.3 Å². The largest absolute Gasteiger partial charge is 0.354 e. The SMILES string of the molecule is O=S(O)c1ccc2c(c1)Nc1ccccc1S2. The summed E-state index contributed by atoms with van der Waals surface area (Å²) in [7, 11) is 0. The highest BCUT2D eigenvalue weighted by Gasteiger charge is 2.16. The Balaban J connectivity index is 2.06. The van der Waals surface area contributed by atoms with Crippen molar-refractivity contribution in [3.63, 3.8) is 0 Å². The molecule has 1 heterocycles. The molecule has 1 aliphatic heterocycles. The molecule has 0 fully saturated rings. The molecule has 5 heteroatoms. The summed E-state index contributed by atoms with van der Waals surface area (Å²) in [5, 5.41) is 3.27. The van der Waals surface area contributed by atoms with Gasteiger partial charge in [0.05, 0.1) is 16.3 Å². The van der Waals surface area contributed by atoms with Crippen molar-refractivity contribution < 1.29 is 8.76 Å². The first-order chi connectivity index (χ1) is 8.24. The first-order valence-electron chi connectivity index (χ1n) is 5.03. The van der Waals surface area contributed by atoms with Gasteiger partial charge in [-0.05, 0) is 30.3 Å². The van der Waals surface area contributed by atoms with Crippen molar-refractivity contribution in [2.24, 2.45) is 0 Å². The average Bonchev–Trinajstić information content (AvgIpc) is 2.35. The number of fused-ring (bicyclic) bond motifs is 2. The van der Waals surface area contributed by atoms with Crippen LogP contribution in [0.1, 0.15) is 0 Å². The molecule has 3 rings (SSSR count). The van der Waals surface area contributed by atoms with Gasteiger partial charge in [0.15, 0.2) is 11.1 Å². The van der Waals surface area contributed by atoms with Gasteiger partial charge in [-0.15, -0.1) is 0 Å². The highest BCUT2D eigenvalue weighted by molar-refractivity contribution is 7.99. The van der Waals surface area contributed by atoms with Crippen LogP contribution in [0, 0.1) is 0 Å². The summed E-state index contributed by atoms with van der Waals surface area (Å²) in [6.07, 6.45) is 0. The number of rotatable bonds is 1. The molecule has 0 bridgehead atoms. The Kier molecular flexibility index (Phi) is 2.66. The third-order valence-corrected chi connectivity index (χ3v) is 4.34. The molecule has 17 heavy (non-hydrogen) atoms. The lowest BCUT2D eigenvalue weighted by molar-refractivity contribution is 0.564. The van der Waals surface area contributed by atoms with Gasteiger partial charge < -0.3 is 9.87 Å². The number of benzene rings is 2. The molecule has 1 unspecified atom stereocenters. The van der Waals surface area contributed by atoms with E-state index in [1.54, 1.807) is 23.9 Å². The van der Waals surface area contributed by atoms with E-state index < -0.39 is 11.1 Å². The highest BCUT2D eigenvalue weighted by atomic mass is 32.2. The molecule has 0 radical (unpaired) electrons. The van der Waals surface area contributed by atoms with Crippen LogP contribution < -0.4 is 5.32 Å². The second kappa shape index (κ2) is 4.18. The van der Waals surface area contributed by atoms with Crippen LogP contribution in [0.25, 0.3) is 0 Å². The van der Waals surface area contributed by atoms with Crippen LogP contribution in [0.5, 0.6) is 0 Å². The first-order valence-corrected chi connectivity index (χ1v) is 6.95. The van der Waals surface area contributed by atoms with Gasteiger partial charge in [0.1, 0.15) is 0 Å². The van der Waals surface area contributed by atoms with Crippen molar-refractivity contribution in [2.45, 2.75) is 14.7 Å². The Morgan fingerprint density at radius 1 is 1.06 bits per heavy atom. The zero-order chi connectivity index (χ0) is 11.8. The van der Waals surface area contributed by atoms with Gasteiger partial charge in [0.2, 0.25) is 0 Å². The van der Waals surface area contributed by atoms with Crippen LogP contribution >= 0.6 is 11.8 Å². The smallest absolute Gasteiger partial charge is 0.186 e. The summed E-state index contributed by atoms with van der Waals surface area (Å²) < 4.78 is 20.1. The standard InChI is InChI=1S/C12H9NO2S2/c14-17(15)8-5-6-12-10(7-8)13-9-3-1-2-4-11(9)16-12/h1-7,13H,(H,14,15). The number of hydrogen-bond donors (Lipinski definition) is 2. The molecular formula is C12H9NO2S2. The van der Waals surface area contributed by atoms with Crippen molar-refractivity contribution in [3.05, 3.63) is 42.5 Å². The normalized spacial score (nSPS) is 14.4. The summed E-state index contributed by atoms with van der Waals surface area (Å²) in [5.41, 5.74) is 1.92. The fourth-order valence-electron chi connectivity index (χ4n) is 1.73. The van der Waals surface area contributed by atoms with Crippen molar-refractivity contribution in [2.75, 3.05) is 5.32 Å². The van der Waals surface area contributed by atoms with Gasteiger partial charge in [-0.1, -0.05) is 23.9 Å². The van der Waals surface area contributed by atoms with Crippen molar-refractivity contribution in [1.82, 2.24) is 0 Å². The fourth-order valence-corrected chi connectivity index (χ4v) is 3.10. The molecule has 0 saturated heterocycles. The minimum atomic E-state index is -1.93. The molecule has 2 aromatic carbocycles. The summed E-state index contributed by atoms with van der Waals surface area (Å²) in [6.45, 7) is 0. The summed E-state index contributed by atoms with van der Waals surface area (Å²) in [5.74, 6) is 0. The van der Waals surface area contributed by atoms with E-state index in [0.29, 0.717) is 4.90 Å². The molecule has 2 N–H and O–H groups in total. The monoisotopic (exact) mass is 263 g/mol. The molecule has 0 amide bonds. The van der Waals surface area contributed by atoms with Gasteiger partial charge in [0, 0.05) is 9.79 Å². The lowest BCUT2D eigenvalue weighted by Crippen LogP contribution is -2.00. The van der Waals surface area contributed by atoms with E-state index >= 15 is 0 Å². The molecule has 0 aliphatic carbocycles. The number of hydrogen-bond acceptors (Lipinski definition) is 3. The molecule has 0 aromatic heterocycles. The highest BCUT2D eigenvalue weighted by Crippen LogP contribution is 2.44. The van der Waals surface area contributed by atoms with Crippen molar-refractivity contribution in [3.8, 4) is 0 Å². The third-order valence-electron chi connectivity index (χ3n) is 2.53. The Hall–Kier alpha value is -1.30. The van der Waals surface area contributed by atoms with Crippen LogP contribution in [0.15, 0.2) is 57.2 Å². The first kappa shape index (κ1) is 10.8. The lowest BCUT2D eigenvalue weighted by atomic mass is 10.2. The predicted molar refractivity (Wildman–Crippen MR) is 69.3 cm³/mol. The molecule has 1 atom stereocenters. The van der Waals surface area contributed by atoms with E-state index in [4.69, 9.17) is 4.55 Å². The minimum absolute atomic E-state index is 0.413. The lowest BCUT2D eigenvalue weighted by Gasteiger charge is -2.20. The third kappa shape index (κ3) is 1.97. The van der Waals surface area contributed by atoms with Gasteiger partial charge in [-0.3, -0.25) is 0 Å². The van der Waals surface area contributed by atoms with Crippen LogP contribution in [0.3, 0.4) is 0 Å². The Labute approximate surface area is 106 Å². The number of anilines is 2. The maximum Gasteiger partial charge on any atom is 0.186 e. The quantitative estimate of drug-likeness (QED) is 0.660. The Bertz CT molecular complexity index is 613. The van der Waals surface area contributed by atoms with E-state index in [0.717, 1.165) is 21.2 Å². The Morgan fingerprint density at radius 3 is 2.65 bits per heavy atom. The second-order valence-corrected chi connectivity index (χ2v) is 5.68. The van der Waals surface area contributed by atoms with Crippen molar-refractivity contribution >= 4 is 34.2 Å². The second-order valence-electron chi connectivity index (χ2n) is 3.63. The van der Waals surface area contributed by atoms with Gasteiger partial charge in [-0.25, -0.2) is 4.21 Å². The van der Waals surface area contributed by atoms with E-state index in [-0.39, 0.29) is 0 Å². The summed E-state index contributed by atoms with van der Waals surface area (Å²) in [4.78, 5) is 2.65. The van der Waals surface area contributed by atoms with Gasteiger partial charge >= 0.3 is 0 Å². The maximum absolute atomic E-state index is 11.0. The predicted octanol–water partition coefficient (Wildman–Crippen LogP) is 3.48. The van der Waals surface area contributed by atoms with E-state index in [2.05, 4.69) is 5.32 Å². The molecule has 2 aromatic rings. The van der Waals surface area contributed by atoms with E-state index in [1.807, 2.05) is 30.3 Å². The maximum atomic E-state index is 11.0. The van der Waals surface area contributed by atoms with Gasteiger partial charge in [0.25, 0.3) is 0 Å². The van der Waals surface area contributed by atoms with Crippen LogP contribution in [-0.2, 0) is 11.1 Å². The molecule has 0 saturated carbocycles. The minimum Gasteiger partial charge on any atom is -0.354 e. The molecule has 86 valence electrons. The number of para-hydroxylation sites is 1. The average molecular weight is 263 g/mol. The van der Waals surface area contributed by atoms with E-state index in [1.165, 1.54) is 0 Å². The van der Waals surface area contributed by atoms with Crippen LogP contribution in [0.4, 0.5) is 11.4 Å². The van der Waals surface area contributed by atoms with Gasteiger partial charge in [-0.2, -0.15) is 0 Å². The van der Waals surface area contributed by atoms with Crippen LogP contribution in [-0.4, -0.2) is 8.76 Å². The van der Waals surface area contributed by atoms with E-state index in [9.17, 15) is 4.21 Å². The zero-order valence-corrected chi connectivity index (χ0v) is 10.3. The summed E-state index contributed by atoms with van der Waals surface area (Å²) in [6, 6.07) is 13.3. The van der Waals surface area contributed by atoms with Crippen LogP contribution in [0.2, 0.25) is 0 Å². The van der Waals surface area contributed by atoms with Crippen molar-refractivity contribution in [1.29, 1.82) is 0 Å². The molecule has 1 aliphatic rings.